The van der Waals surface area contributed by atoms with E-state index in [-0.39, 0.29) is 24.1 Å². The Morgan fingerprint density at radius 1 is 0.967 bits per heavy atom. The zero-order chi connectivity index (χ0) is 22.3. The minimum absolute atomic E-state index is 0.0863. The number of hydrogen-bond donors (Lipinski definition) is 1. The fourth-order valence-electron chi connectivity index (χ4n) is 2.71. The predicted molar refractivity (Wildman–Crippen MR) is 116 cm³/mol. The molecule has 0 aliphatic carbocycles. The van der Waals surface area contributed by atoms with Gasteiger partial charge in [0.05, 0.1) is 5.56 Å². The molecule has 0 fully saturated rings. The van der Waals surface area contributed by atoms with E-state index in [1.54, 1.807) is 37.8 Å². The highest BCUT2D eigenvalue weighted by Crippen LogP contribution is 2.17. The molecule has 2 aromatic carbocycles. The molecule has 2 rings (SSSR count). The molecule has 7 heteroatoms. The lowest BCUT2D eigenvalue weighted by molar-refractivity contribution is -0.122. The molecule has 0 spiro atoms. The third-order valence-electron chi connectivity index (χ3n) is 3.91. The normalized spacial score (nSPS) is 11.0. The van der Waals surface area contributed by atoms with Crippen LogP contribution in [0.5, 0.6) is 0 Å². The maximum absolute atomic E-state index is 12.6. The lowest BCUT2D eigenvalue weighted by Crippen LogP contribution is -2.39. The lowest BCUT2D eigenvalue weighted by atomic mass is 10.2. The number of nitrogens with one attached hydrogen (secondary N) is 1. The van der Waals surface area contributed by atoms with E-state index in [1.807, 2.05) is 44.2 Å². The van der Waals surface area contributed by atoms with Crippen LogP contribution in [0.4, 0.5) is 16.2 Å². The largest absolute Gasteiger partial charge is 0.452 e. The van der Waals surface area contributed by atoms with Gasteiger partial charge in [-0.25, -0.2) is 9.59 Å². The number of benzene rings is 2. The van der Waals surface area contributed by atoms with Crippen molar-refractivity contribution in [3.8, 4) is 0 Å². The van der Waals surface area contributed by atoms with Gasteiger partial charge in [-0.1, -0.05) is 18.2 Å². The molecule has 160 valence electrons. The van der Waals surface area contributed by atoms with Crippen LogP contribution < -0.4 is 10.2 Å². The number of para-hydroxylation sites is 1. The smallest absolute Gasteiger partial charge is 0.412 e. The molecule has 30 heavy (non-hydrogen) atoms. The summed E-state index contributed by atoms with van der Waals surface area (Å²) in [5.74, 6) is -0.934. The SMILES string of the molecule is CC(C)N(C(=O)COC(=O)c1ccc(NC(=O)OC(C)(C)C)cc1)c1ccccc1. The second-order valence-corrected chi connectivity index (χ2v) is 7.97. The standard InChI is InChI=1S/C23H28N2O5/c1-16(2)25(19-9-7-6-8-10-19)20(26)15-29-21(27)17-11-13-18(14-12-17)24-22(28)30-23(3,4)5/h6-14,16H,15H2,1-5H3,(H,24,28). The van der Waals surface area contributed by atoms with Crippen LogP contribution in [0.25, 0.3) is 0 Å². The lowest BCUT2D eigenvalue weighted by Gasteiger charge is -2.26. The topological polar surface area (TPSA) is 84.9 Å². The molecule has 0 atom stereocenters. The quantitative estimate of drug-likeness (QED) is 0.699. The first kappa shape index (κ1) is 22.9. The van der Waals surface area contributed by atoms with E-state index in [1.165, 1.54) is 12.1 Å². The fourth-order valence-corrected chi connectivity index (χ4v) is 2.71. The Morgan fingerprint density at radius 3 is 2.10 bits per heavy atom. The Bertz CT molecular complexity index is 871. The van der Waals surface area contributed by atoms with Crippen LogP contribution in [-0.4, -0.2) is 36.2 Å². The average Bonchev–Trinajstić information content (AvgIpc) is 2.66. The molecule has 0 saturated carbocycles. The van der Waals surface area contributed by atoms with Crippen LogP contribution in [0.1, 0.15) is 45.0 Å². The first-order chi connectivity index (χ1) is 14.1. The zero-order valence-electron chi connectivity index (χ0n) is 18.0. The zero-order valence-corrected chi connectivity index (χ0v) is 18.0. The Balaban J connectivity index is 1.94. The molecule has 0 unspecified atom stereocenters. The van der Waals surface area contributed by atoms with Crippen molar-refractivity contribution < 1.29 is 23.9 Å². The number of carbonyl (C=O) groups excluding carboxylic acids is 3. The van der Waals surface area contributed by atoms with Gasteiger partial charge in [-0.15, -0.1) is 0 Å². The van der Waals surface area contributed by atoms with Crippen LogP contribution in [0.3, 0.4) is 0 Å². The second kappa shape index (κ2) is 9.91. The third-order valence-corrected chi connectivity index (χ3v) is 3.91. The highest BCUT2D eigenvalue weighted by atomic mass is 16.6. The number of amides is 2. The highest BCUT2D eigenvalue weighted by molar-refractivity contribution is 5.97. The molecule has 1 N–H and O–H groups in total. The molecule has 0 aliphatic rings. The molecular weight excluding hydrogens is 384 g/mol. The average molecular weight is 412 g/mol. The minimum Gasteiger partial charge on any atom is -0.452 e. The van der Waals surface area contributed by atoms with E-state index in [0.29, 0.717) is 5.69 Å². The van der Waals surface area contributed by atoms with Crippen molar-refractivity contribution in [2.75, 3.05) is 16.8 Å². The highest BCUT2D eigenvalue weighted by Gasteiger charge is 2.21. The summed E-state index contributed by atoms with van der Waals surface area (Å²) in [4.78, 5) is 38.3. The molecule has 0 radical (unpaired) electrons. The van der Waals surface area contributed by atoms with Gasteiger partial charge in [0.1, 0.15) is 5.60 Å². The Hall–Kier alpha value is -3.35. The number of carbonyl (C=O) groups is 3. The van der Waals surface area contributed by atoms with Gasteiger partial charge in [-0.2, -0.15) is 0 Å². The van der Waals surface area contributed by atoms with Crippen molar-refractivity contribution in [3.05, 3.63) is 60.2 Å². The van der Waals surface area contributed by atoms with Crippen LogP contribution in [-0.2, 0) is 14.3 Å². The number of esters is 1. The molecule has 2 aromatic rings. The predicted octanol–water partition coefficient (Wildman–Crippen LogP) is 4.63. The Labute approximate surface area is 177 Å². The van der Waals surface area contributed by atoms with E-state index in [9.17, 15) is 14.4 Å². The van der Waals surface area contributed by atoms with Gasteiger partial charge >= 0.3 is 12.1 Å². The number of ether oxygens (including phenoxy) is 2. The van der Waals surface area contributed by atoms with Crippen molar-refractivity contribution in [3.63, 3.8) is 0 Å². The first-order valence-corrected chi connectivity index (χ1v) is 9.71. The molecule has 0 saturated heterocycles. The molecule has 0 aromatic heterocycles. The molecular formula is C23H28N2O5. The molecule has 0 bridgehead atoms. The van der Waals surface area contributed by atoms with Crippen molar-refractivity contribution in [1.82, 2.24) is 0 Å². The number of hydrogen-bond acceptors (Lipinski definition) is 5. The van der Waals surface area contributed by atoms with Crippen molar-refractivity contribution in [2.24, 2.45) is 0 Å². The van der Waals surface area contributed by atoms with E-state index < -0.39 is 17.7 Å². The van der Waals surface area contributed by atoms with E-state index in [4.69, 9.17) is 9.47 Å². The summed E-state index contributed by atoms with van der Waals surface area (Å²) in [6.07, 6.45) is -0.585. The molecule has 7 nitrogen and oxygen atoms in total. The minimum atomic E-state index is -0.621. The Morgan fingerprint density at radius 2 is 1.57 bits per heavy atom. The van der Waals surface area contributed by atoms with Gasteiger partial charge < -0.3 is 14.4 Å². The number of rotatable bonds is 6. The maximum Gasteiger partial charge on any atom is 0.412 e. The van der Waals surface area contributed by atoms with Crippen LogP contribution in [0, 0.1) is 0 Å². The van der Waals surface area contributed by atoms with E-state index >= 15 is 0 Å². The summed E-state index contributed by atoms with van der Waals surface area (Å²) < 4.78 is 10.4. The van der Waals surface area contributed by atoms with Gasteiger partial charge in [0.2, 0.25) is 0 Å². The fraction of sp³-hybridized carbons (Fsp3) is 0.348. The van der Waals surface area contributed by atoms with Gasteiger partial charge in [-0.3, -0.25) is 10.1 Å². The molecule has 0 aliphatic heterocycles. The monoisotopic (exact) mass is 412 g/mol. The van der Waals surface area contributed by atoms with Crippen molar-refractivity contribution in [2.45, 2.75) is 46.3 Å². The van der Waals surface area contributed by atoms with Gasteiger partial charge in [0.25, 0.3) is 5.91 Å². The van der Waals surface area contributed by atoms with Crippen molar-refractivity contribution >= 4 is 29.3 Å². The first-order valence-electron chi connectivity index (χ1n) is 9.71. The summed E-state index contributed by atoms with van der Waals surface area (Å²) in [6, 6.07) is 15.3. The second-order valence-electron chi connectivity index (χ2n) is 7.97. The number of anilines is 2. The van der Waals surface area contributed by atoms with Gasteiger partial charge in [0, 0.05) is 17.4 Å². The van der Waals surface area contributed by atoms with Crippen LogP contribution in [0.2, 0.25) is 0 Å². The molecule has 2 amide bonds. The van der Waals surface area contributed by atoms with Crippen LogP contribution >= 0.6 is 0 Å². The third kappa shape index (κ3) is 6.92. The summed E-state index contributed by atoms with van der Waals surface area (Å²) in [5.41, 5.74) is 0.885. The summed E-state index contributed by atoms with van der Waals surface area (Å²) >= 11 is 0. The van der Waals surface area contributed by atoms with Crippen LogP contribution in [0.15, 0.2) is 54.6 Å². The van der Waals surface area contributed by atoms with Crippen molar-refractivity contribution in [1.29, 1.82) is 0 Å². The maximum atomic E-state index is 12.6. The van der Waals surface area contributed by atoms with Gasteiger partial charge in [-0.05, 0) is 71.0 Å². The summed E-state index contributed by atoms with van der Waals surface area (Å²) in [5, 5.41) is 2.59. The van der Waals surface area contributed by atoms with Gasteiger partial charge in [0.15, 0.2) is 6.61 Å². The Kier molecular flexibility index (Phi) is 7.58. The van der Waals surface area contributed by atoms with E-state index in [2.05, 4.69) is 5.32 Å². The summed E-state index contributed by atoms with van der Waals surface area (Å²) in [6.45, 7) is 8.72. The number of nitrogens with zero attached hydrogens (tertiary/aromatic N) is 1. The summed E-state index contributed by atoms with van der Waals surface area (Å²) in [7, 11) is 0. The molecule has 0 heterocycles. The van der Waals surface area contributed by atoms with E-state index in [0.717, 1.165) is 5.69 Å².